The molecule has 1 aromatic rings. The minimum atomic E-state index is 0.407. The molecule has 1 aromatic heterocycles. The number of anilines is 1. The highest BCUT2D eigenvalue weighted by Gasteiger charge is 2.32. The number of imidazole rings is 1. The molecule has 0 radical (unpaired) electrons. The summed E-state index contributed by atoms with van der Waals surface area (Å²) in [6.07, 6.45) is 7.94. The van der Waals surface area contributed by atoms with Gasteiger partial charge in [-0.25, -0.2) is 4.98 Å². The van der Waals surface area contributed by atoms with Gasteiger partial charge in [0.1, 0.15) is 11.5 Å². The molecule has 2 aliphatic rings. The van der Waals surface area contributed by atoms with E-state index in [1.807, 2.05) is 10.8 Å². The van der Waals surface area contributed by atoms with E-state index in [0.29, 0.717) is 24.3 Å². The van der Waals surface area contributed by atoms with E-state index in [1.54, 1.807) is 6.20 Å². The second-order valence-corrected chi connectivity index (χ2v) is 6.58. The van der Waals surface area contributed by atoms with Crippen LogP contribution >= 0.6 is 0 Å². The van der Waals surface area contributed by atoms with Crippen molar-refractivity contribution in [3.63, 3.8) is 0 Å². The van der Waals surface area contributed by atoms with Crippen LogP contribution in [0.2, 0.25) is 0 Å². The summed E-state index contributed by atoms with van der Waals surface area (Å²) in [5, 5.41) is 13.0. The zero-order valence-electron chi connectivity index (χ0n) is 14.9. The average molecular weight is 346 g/mol. The highest BCUT2D eigenvalue weighted by atomic mass is 16.9. The molecule has 0 bridgehead atoms. The molecule has 3 rings (SSSR count). The van der Waals surface area contributed by atoms with Gasteiger partial charge in [0.25, 0.3) is 0 Å². The predicted molar refractivity (Wildman–Crippen MR) is 96.8 cm³/mol. The Morgan fingerprint density at radius 1 is 1.48 bits per heavy atom. The molecule has 1 saturated carbocycles. The third kappa shape index (κ3) is 3.60. The molecule has 25 heavy (non-hydrogen) atoms. The summed E-state index contributed by atoms with van der Waals surface area (Å²) in [7, 11) is 3.57. The third-order valence-corrected chi connectivity index (χ3v) is 4.99. The van der Waals surface area contributed by atoms with Crippen molar-refractivity contribution in [2.75, 3.05) is 26.0 Å². The first-order valence-electron chi connectivity index (χ1n) is 8.50. The maximum Gasteiger partial charge on any atom is 0.213 e. The molecule has 2 N–H and O–H groups in total. The molecule has 2 heterocycles. The van der Waals surface area contributed by atoms with E-state index in [9.17, 15) is 0 Å². The van der Waals surface area contributed by atoms with Crippen LogP contribution in [-0.4, -0.2) is 58.3 Å². The van der Waals surface area contributed by atoms with Gasteiger partial charge in [-0.05, 0) is 38.3 Å². The fraction of sp³-hybridized carbons (Fsp3) is 0.529. The topological polar surface area (TPSA) is 78.2 Å². The van der Waals surface area contributed by atoms with Crippen LogP contribution in [0.15, 0.2) is 35.4 Å². The lowest BCUT2D eigenvalue weighted by atomic mass is 10.0. The molecule has 2 atom stereocenters. The SMILES string of the molecule is C=NC1=C(N(C)[C@H]2CC[C@@H](CCON(C)O)C2)n2ccnc2NC1=C. The van der Waals surface area contributed by atoms with Gasteiger partial charge in [0, 0.05) is 32.5 Å². The van der Waals surface area contributed by atoms with Crippen molar-refractivity contribution in [1.29, 1.82) is 0 Å². The molecule has 0 saturated heterocycles. The van der Waals surface area contributed by atoms with Gasteiger partial charge < -0.3 is 10.2 Å². The van der Waals surface area contributed by atoms with Crippen LogP contribution in [0.1, 0.15) is 25.7 Å². The van der Waals surface area contributed by atoms with E-state index < -0.39 is 0 Å². The molecule has 0 unspecified atom stereocenters. The maximum atomic E-state index is 9.05. The number of fused-ring (bicyclic) bond motifs is 1. The fourth-order valence-corrected chi connectivity index (χ4v) is 3.70. The molecule has 0 aromatic carbocycles. The van der Waals surface area contributed by atoms with Crippen LogP contribution in [0.4, 0.5) is 5.95 Å². The first-order valence-corrected chi connectivity index (χ1v) is 8.50. The second-order valence-electron chi connectivity index (χ2n) is 6.58. The molecule has 0 spiro atoms. The summed E-state index contributed by atoms with van der Waals surface area (Å²) in [6, 6.07) is 0.407. The number of aromatic nitrogens is 2. The molecule has 8 heteroatoms. The summed E-state index contributed by atoms with van der Waals surface area (Å²) in [5.41, 5.74) is 1.46. The largest absolute Gasteiger partial charge is 0.356 e. The van der Waals surface area contributed by atoms with Crippen LogP contribution in [0, 0.1) is 5.92 Å². The predicted octanol–water partition coefficient (Wildman–Crippen LogP) is 2.39. The summed E-state index contributed by atoms with van der Waals surface area (Å²) >= 11 is 0. The monoisotopic (exact) mass is 346 g/mol. The number of nitrogens with one attached hydrogen (secondary N) is 1. The van der Waals surface area contributed by atoms with Gasteiger partial charge >= 0.3 is 0 Å². The van der Waals surface area contributed by atoms with Crippen molar-refractivity contribution in [2.45, 2.75) is 31.7 Å². The van der Waals surface area contributed by atoms with E-state index in [2.05, 4.69) is 40.5 Å². The first kappa shape index (κ1) is 17.7. The van der Waals surface area contributed by atoms with Crippen LogP contribution in [0.5, 0.6) is 0 Å². The van der Waals surface area contributed by atoms with Gasteiger partial charge in [0.2, 0.25) is 5.95 Å². The van der Waals surface area contributed by atoms with Gasteiger partial charge in [-0.1, -0.05) is 11.8 Å². The Balaban J connectivity index is 1.73. The van der Waals surface area contributed by atoms with E-state index >= 15 is 0 Å². The van der Waals surface area contributed by atoms with Crippen LogP contribution in [-0.2, 0) is 4.84 Å². The number of hydrogen-bond donors (Lipinski definition) is 2. The van der Waals surface area contributed by atoms with E-state index in [0.717, 1.165) is 48.4 Å². The normalized spacial score (nSPS) is 23.0. The summed E-state index contributed by atoms with van der Waals surface area (Å²) in [6.45, 7) is 8.29. The number of rotatable bonds is 7. The standard InChI is InChI=1S/C17H26N6O2/c1-12-15(18-2)16(23-9-8-19-17(23)20-12)21(3)14-6-5-13(11-14)7-10-25-22(4)24/h8-9,13-14,24H,1-2,5-7,10-11H2,3-4H3,(H,19,20)/t13-,14-/m0/s1. The summed E-state index contributed by atoms with van der Waals surface area (Å²) in [4.78, 5) is 15.9. The lowest BCUT2D eigenvalue weighted by Gasteiger charge is -2.34. The van der Waals surface area contributed by atoms with Crippen molar-refractivity contribution < 1.29 is 10.0 Å². The Kier molecular flexibility index (Phi) is 5.22. The van der Waals surface area contributed by atoms with Crippen molar-refractivity contribution in [2.24, 2.45) is 10.9 Å². The summed E-state index contributed by atoms with van der Waals surface area (Å²) < 4.78 is 2.00. The minimum Gasteiger partial charge on any atom is -0.356 e. The number of nitrogens with zero attached hydrogens (tertiary/aromatic N) is 5. The van der Waals surface area contributed by atoms with Crippen LogP contribution in [0.25, 0.3) is 5.82 Å². The number of hydrogen-bond acceptors (Lipinski definition) is 7. The van der Waals surface area contributed by atoms with Crippen LogP contribution < -0.4 is 5.32 Å². The van der Waals surface area contributed by atoms with Crippen LogP contribution in [0.3, 0.4) is 0 Å². The van der Waals surface area contributed by atoms with Gasteiger partial charge in [-0.3, -0.25) is 19.6 Å². The summed E-state index contributed by atoms with van der Waals surface area (Å²) in [5.74, 6) is 2.29. The Bertz CT molecular complexity index is 680. The third-order valence-electron chi connectivity index (χ3n) is 4.99. The second kappa shape index (κ2) is 7.38. The maximum absolute atomic E-state index is 9.05. The molecular weight excluding hydrogens is 320 g/mol. The van der Waals surface area contributed by atoms with Crippen molar-refractivity contribution in [3.05, 3.63) is 30.4 Å². The van der Waals surface area contributed by atoms with Crippen molar-refractivity contribution in [1.82, 2.24) is 19.7 Å². The molecule has 1 aliphatic heterocycles. The van der Waals surface area contributed by atoms with E-state index in [1.165, 1.54) is 7.05 Å². The molecule has 8 nitrogen and oxygen atoms in total. The lowest BCUT2D eigenvalue weighted by Crippen LogP contribution is -2.34. The number of hydroxylamine groups is 2. The molecule has 0 amide bonds. The average Bonchev–Trinajstić information content (AvgIpc) is 3.21. The Labute approximate surface area is 148 Å². The van der Waals surface area contributed by atoms with Gasteiger partial charge in [-0.15, -0.1) is 0 Å². The number of aliphatic imine (C=N–C) groups is 1. The van der Waals surface area contributed by atoms with Gasteiger partial charge in [0.15, 0.2) is 0 Å². The highest BCUT2D eigenvalue weighted by Crippen LogP contribution is 2.37. The Morgan fingerprint density at radius 2 is 2.28 bits per heavy atom. The lowest BCUT2D eigenvalue weighted by molar-refractivity contribution is -0.324. The first-order chi connectivity index (χ1) is 12.0. The van der Waals surface area contributed by atoms with Crippen molar-refractivity contribution in [3.8, 4) is 0 Å². The van der Waals surface area contributed by atoms with E-state index in [-0.39, 0.29) is 0 Å². The highest BCUT2D eigenvalue weighted by molar-refractivity contribution is 5.68. The quantitative estimate of drug-likeness (QED) is 0.583. The van der Waals surface area contributed by atoms with Gasteiger partial charge in [-0.2, -0.15) is 0 Å². The zero-order chi connectivity index (χ0) is 18.0. The Hall–Kier alpha value is -2.16. The Morgan fingerprint density at radius 3 is 3.00 bits per heavy atom. The van der Waals surface area contributed by atoms with Crippen molar-refractivity contribution >= 4 is 18.5 Å². The fourth-order valence-electron chi connectivity index (χ4n) is 3.70. The smallest absolute Gasteiger partial charge is 0.213 e. The molecule has 136 valence electrons. The van der Waals surface area contributed by atoms with E-state index in [4.69, 9.17) is 10.0 Å². The van der Waals surface area contributed by atoms with Gasteiger partial charge in [0.05, 0.1) is 12.3 Å². The molecule has 1 fully saturated rings. The molecular formula is C17H26N6O2. The zero-order valence-corrected chi connectivity index (χ0v) is 14.9. The molecule has 1 aliphatic carbocycles. The minimum absolute atomic E-state index is 0.407.